The maximum absolute atomic E-state index is 4.74. The fourth-order valence-electron chi connectivity index (χ4n) is 1.83. The third-order valence-electron chi connectivity index (χ3n) is 2.94. The first-order valence-electron chi connectivity index (χ1n) is 6.19. The van der Waals surface area contributed by atoms with Crippen LogP contribution in [0.4, 0.5) is 0 Å². The minimum absolute atomic E-state index is 0.0319. The Bertz CT molecular complexity index is 568. The van der Waals surface area contributed by atoms with Crippen LogP contribution < -0.4 is 4.57 Å². The normalized spacial score (nSPS) is 11.6. The van der Waals surface area contributed by atoms with Crippen LogP contribution in [0.5, 0.6) is 0 Å². The van der Waals surface area contributed by atoms with Crippen LogP contribution in [0.25, 0.3) is 11.4 Å². The Morgan fingerprint density at radius 2 is 1.89 bits per heavy atom. The monoisotopic (exact) mass is 242 g/mol. The van der Waals surface area contributed by atoms with Crippen molar-refractivity contribution in [2.75, 3.05) is 0 Å². The Hall–Kier alpha value is -1.77. The lowest BCUT2D eigenvalue weighted by atomic mass is 9.95. The number of hydrogen-bond acceptors (Lipinski definition) is 2. The third-order valence-corrected chi connectivity index (χ3v) is 2.94. The van der Waals surface area contributed by atoms with Crippen molar-refractivity contribution >= 4 is 0 Å². The van der Waals surface area contributed by atoms with Crippen LogP contribution in [-0.2, 0) is 12.5 Å². The highest BCUT2D eigenvalue weighted by atomic mass is 15.0. The standard InChI is InChI=1S/C15H20N3/c1-11-10-16-14(15(2,3)4)17-13(11)12-8-6-7-9-18(12)5/h6-10H,1-5H3/q+1. The zero-order valence-electron chi connectivity index (χ0n) is 11.7. The van der Waals surface area contributed by atoms with Gasteiger partial charge in [0.2, 0.25) is 5.69 Å². The molecule has 0 saturated heterocycles. The van der Waals surface area contributed by atoms with E-state index in [1.165, 1.54) is 0 Å². The average molecular weight is 242 g/mol. The van der Waals surface area contributed by atoms with Crippen LogP contribution in [0.2, 0.25) is 0 Å². The van der Waals surface area contributed by atoms with Crippen LogP contribution >= 0.6 is 0 Å². The fraction of sp³-hybridized carbons (Fsp3) is 0.400. The molecule has 2 aromatic rings. The Labute approximate surface area is 109 Å². The van der Waals surface area contributed by atoms with Gasteiger partial charge in [0, 0.05) is 23.7 Å². The maximum Gasteiger partial charge on any atom is 0.231 e. The maximum atomic E-state index is 4.74. The quantitative estimate of drug-likeness (QED) is 0.719. The van der Waals surface area contributed by atoms with Crippen molar-refractivity contribution < 1.29 is 4.57 Å². The van der Waals surface area contributed by atoms with Gasteiger partial charge in [-0.15, -0.1) is 0 Å². The van der Waals surface area contributed by atoms with Gasteiger partial charge in [-0.25, -0.2) is 9.97 Å². The summed E-state index contributed by atoms with van der Waals surface area (Å²) < 4.78 is 2.09. The summed E-state index contributed by atoms with van der Waals surface area (Å²) in [6.07, 6.45) is 3.95. The van der Waals surface area contributed by atoms with E-state index in [4.69, 9.17) is 4.98 Å². The van der Waals surface area contributed by atoms with E-state index >= 15 is 0 Å². The van der Waals surface area contributed by atoms with Gasteiger partial charge in [-0.2, -0.15) is 4.57 Å². The number of pyridine rings is 1. The van der Waals surface area contributed by atoms with Gasteiger partial charge in [0.1, 0.15) is 18.6 Å². The lowest BCUT2D eigenvalue weighted by molar-refractivity contribution is -0.660. The SMILES string of the molecule is Cc1cnc(C(C)(C)C)nc1-c1cccc[n+]1C. The van der Waals surface area contributed by atoms with Crippen LogP contribution in [0.1, 0.15) is 32.2 Å². The highest BCUT2D eigenvalue weighted by molar-refractivity contribution is 5.54. The molecule has 2 aromatic heterocycles. The van der Waals surface area contributed by atoms with Gasteiger partial charge in [-0.1, -0.05) is 20.8 Å². The molecule has 94 valence electrons. The summed E-state index contributed by atoms with van der Waals surface area (Å²) >= 11 is 0. The third kappa shape index (κ3) is 2.40. The van der Waals surface area contributed by atoms with E-state index < -0.39 is 0 Å². The molecule has 3 heteroatoms. The molecule has 0 saturated carbocycles. The van der Waals surface area contributed by atoms with Crippen LogP contribution in [0.15, 0.2) is 30.6 Å². The largest absolute Gasteiger partial charge is 0.240 e. The molecule has 0 aliphatic carbocycles. The number of aromatic nitrogens is 3. The zero-order chi connectivity index (χ0) is 13.3. The summed E-state index contributed by atoms with van der Waals surface area (Å²) in [5, 5.41) is 0. The second kappa shape index (κ2) is 4.48. The molecule has 0 fully saturated rings. The van der Waals surface area contributed by atoms with E-state index in [0.717, 1.165) is 22.8 Å². The summed E-state index contributed by atoms with van der Waals surface area (Å²) in [5.74, 6) is 0.881. The molecule has 2 rings (SSSR count). The Kier molecular flexibility index (Phi) is 3.16. The summed E-state index contributed by atoms with van der Waals surface area (Å²) in [7, 11) is 2.04. The first-order chi connectivity index (χ1) is 8.39. The highest BCUT2D eigenvalue weighted by Gasteiger charge is 2.21. The minimum atomic E-state index is -0.0319. The first kappa shape index (κ1) is 12.7. The molecule has 0 aliphatic heterocycles. The van der Waals surface area contributed by atoms with Gasteiger partial charge in [-0.05, 0) is 18.6 Å². The molecule has 0 bridgehead atoms. The lowest BCUT2D eigenvalue weighted by Crippen LogP contribution is -2.31. The van der Waals surface area contributed by atoms with Crippen LogP contribution in [0, 0.1) is 6.92 Å². The van der Waals surface area contributed by atoms with Crippen molar-refractivity contribution in [3.63, 3.8) is 0 Å². The number of nitrogens with zero attached hydrogens (tertiary/aromatic N) is 3. The lowest BCUT2D eigenvalue weighted by Gasteiger charge is -2.17. The Morgan fingerprint density at radius 3 is 2.50 bits per heavy atom. The average Bonchev–Trinajstić information content (AvgIpc) is 2.29. The Balaban J connectivity index is 2.61. The number of aryl methyl sites for hydroxylation is 2. The van der Waals surface area contributed by atoms with Crippen molar-refractivity contribution in [2.24, 2.45) is 7.05 Å². The van der Waals surface area contributed by atoms with Gasteiger partial charge >= 0.3 is 0 Å². The molecule has 0 N–H and O–H groups in total. The van der Waals surface area contributed by atoms with Crippen LogP contribution in [0.3, 0.4) is 0 Å². The van der Waals surface area contributed by atoms with E-state index in [1.807, 2.05) is 31.6 Å². The van der Waals surface area contributed by atoms with E-state index in [9.17, 15) is 0 Å². The molecular weight excluding hydrogens is 222 g/mol. The van der Waals surface area contributed by atoms with Gasteiger partial charge < -0.3 is 0 Å². The molecule has 0 unspecified atom stereocenters. The molecular formula is C15H20N3+. The first-order valence-corrected chi connectivity index (χ1v) is 6.19. The zero-order valence-corrected chi connectivity index (χ0v) is 11.7. The van der Waals surface area contributed by atoms with Gasteiger partial charge in [0.15, 0.2) is 6.20 Å². The molecule has 0 amide bonds. The van der Waals surface area contributed by atoms with Crippen molar-refractivity contribution in [1.82, 2.24) is 9.97 Å². The second-order valence-electron chi connectivity index (χ2n) is 5.67. The molecule has 3 nitrogen and oxygen atoms in total. The topological polar surface area (TPSA) is 29.7 Å². The second-order valence-corrected chi connectivity index (χ2v) is 5.67. The summed E-state index contributed by atoms with van der Waals surface area (Å²) in [6, 6.07) is 6.14. The van der Waals surface area contributed by atoms with Crippen molar-refractivity contribution in [2.45, 2.75) is 33.1 Å². The van der Waals surface area contributed by atoms with E-state index in [-0.39, 0.29) is 5.41 Å². The predicted molar refractivity (Wildman–Crippen MR) is 72.1 cm³/mol. The molecule has 0 atom stereocenters. The summed E-state index contributed by atoms with van der Waals surface area (Å²) in [4.78, 5) is 9.19. The molecule has 0 radical (unpaired) electrons. The van der Waals surface area contributed by atoms with E-state index in [2.05, 4.69) is 43.3 Å². The smallest absolute Gasteiger partial charge is 0.231 e. The minimum Gasteiger partial charge on any atom is -0.240 e. The number of rotatable bonds is 1. The van der Waals surface area contributed by atoms with Gasteiger partial charge in [-0.3, -0.25) is 0 Å². The molecule has 2 heterocycles. The van der Waals surface area contributed by atoms with E-state index in [0.29, 0.717) is 0 Å². The van der Waals surface area contributed by atoms with Crippen molar-refractivity contribution in [3.8, 4) is 11.4 Å². The molecule has 0 aromatic carbocycles. The van der Waals surface area contributed by atoms with Gasteiger partial charge in [0.25, 0.3) is 0 Å². The van der Waals surface area contributed by atoms with E-state index in [1.54, 1.807) is 0 Å². The predicted octanol–water partition coefficient (Wildman–Crippen LogP) is 2.57. The van der Waals surface area contributed by atoms with Crippen molar-refractivity contribution in [1.29, 1.82) is 0 Å². The molecule has 18 heavy (non-hydrogen) atoms. The van der Waals surface area contributed by atoms with Gasteiger partial charge in [0.05, 0.1) is 0 Å². The molecule has 0 aliphatic rings. The molecule has 0 spiro atoms. The number of hydrogen-bond donors (Lipinski definition) is 0. The summed E-state index contributed by atoms with van der Waals surface area (Å²) in [6.45, 7) is 8.44. The Morgan fingerprint density at radius 1 is 1.17 bits per heavy atom. The highest BCUT2D eigenvalue weighted by Crippen LogP contribution is 2.22. The fourth-order valence-corrected chi connectivity index (χ4v) is 1.83. The van der Waals surface area contributed by atoms with Crippen molar-refractivity contribution in [3.05, 3.63) is 42.0 Å². The summed E-state index contributed by atoms with van der Waals surface area (Å²) in [5.41, 5.74) is 3.20. The van der Waals surface area contributed by atoms with Crippen LogP contribution in [-0.4, -0.2) is 9.97 Å².